The van der Waals surface area contributed by atoms with Gasteiger partial charge in [-0.2, -0.15) is 4.39 Å². The summed E-state index contributed by atoms with van der Waals surface area (Å²) in [5, 5.41) is 0. The molecule has 0 bridgehead atoms. The van der Waals surface area contributed by atoms with Gasteiger partial charge in [0.1, 0.15) is 0 Å². The first-order valence-electron chi connectivity index (χ1n) is 9.99. The van der Waals surface area contributed by atoms with Gasteiger partial charge in [-0.05, 0) is 86.0 Å². The average Bonchev–Trinajstić information content (AvgIpc) is 3.27. The molecule has 1 nitrogen and oxygen atoms in total. The van der Waals surface area contributed by atoms with Gasteiger partial charge in [0.05, 0.1) is 6.61 Å². The van der Waals surface area contributed by atoms with E-state index >= 15 is 0 Å². The van der Waals surface area contributed by atoms with Gasteiger partial charge < -0.3 is 4.74 Å². The van der Waals surface area contributed by atoms with Gasteiger partial charge in [0.25, 0.3) is 0 Å². The first-order chi connectivity index (χ1) is 13.4. The highest BCUT2D eigenvalue weighted by Crippen LogP contribution is 2.58. The molecule has 0 heterocycles. The summed E-state index contributed by atoms with van der Waals surface area (Å²) in [7, 11) is 0. The molecule has 0 radical (unpaired) electrons. The molecule has 2 aliphatic rings. The van der Waals surface area contributed by atoms with Crippen molar-refractivity contribution in [2.45, 2.75) is 51.4 Å². The molecule has 0 aliphatic heterocycles. The van der Waals surface area contributed by atoms with Crippen LogP contribution < -0.4 is 4.74 Å². The molecule has 0 aromatic heterocycles. The molecule has 0 spiro atoms. The highest BCUT2D eigenvalue weighted by molar-refractivity contribution is 5.36. The Morgan fingerprint density at radius 1 is 0.750 bits per heavy atom. The maximum atomic E-state index is 14.7. The number of hydrogen-bond acceptors (Lipinski definition) is 1. The molecular formula is C23H24F4O. The minimum absolute atomic E-state index is 0.0688. The van der Waals surface area contributed by atoms with E-state index < -0.39 is 23.3 Å². The lowest BCUT2D eigenvalue weighted by molar-refractivity contribution is 0.311. The van der Waals surface area contributed by atoms with Crippen molar-refractivity contribution in [2.24, 2.45) is 11.8 Å². The number of aryl methyl sites for hydroxylation is 1. The van der Waals surface area contributed by atoms with Crippen molar-refractivity contribution in [1.82, 2.24) is 0 Å². The van der Waals surface area contributed by atoms with Gasteiger partial charge in [-0.15, -0.1) is 0 Å². The van der Waals surface area contributed by atoms with Crippen molar-refractivity contribution in [1.29, 1.82) is 0 Å². The smallest absolute Gasteiger partial charge is 0.200 e. The average molecular weight is 392 g/mol. The molecule has 2 aromatic rings. The normalized spacial score (nSPS) is 26.5. The molecule has 5 heteroatoms. The molecule has 2 aromatic carbocycles. The van der Waals surface area contributed by atoms with Crippen LogP contribution in [0.4, 0.5) is 17.6 Å². The monoisotopic (exact) mass is 392 g/mol. The number of ether oxygens (including phenoxy) is 1. The van der Waals surface area contributed by atoms with E-state index in [1.54, 1.807) is 32.0 Å². The molecule has 1 unspecified atom stereocenters. The lowest BCUT2D eigenvalue weighted by atomic mass is 9.82. The van der Waals surface area contributed by atoms with Crippen molar-refractivity contribution in [2.75, 3.05) is 6.61 Å². The Morgan fingerprint density at radius 2 is 1.29 bits per heavy atom. The van der Waals surface area contributed by atoms with Crippen LogP contribution in [0, 0.1) is 42.0 Å². The third-order valence-electron chi connectivity index (χ3n) is 6.69. The molecule has 0 amide bonds. The third-order valence-corrected chi connectivity index (χ3v) is 6.69. The van der Waals surface area contributed by atoms with Gasteiger partial charge in [-0.3, -0.25) is 0 Å². The zero-order valence-electron chi connectivity index (χ0n) is 16.1. The van der Waals surface area contributed by atoms with Crippen molar-refractivity contribution < 1.29 is 22.3 Å². The van der Waals surface area contributed by atoms with E-state index in [1.165, 1.54) is 6.07 Å². The molecule has 2 fully saturated rings. The summed E-state index contributed by atoms with van der Waals surface area (Å²) in [6.07, 6.45) is 3.09. The number of rotatable bonds is 4. The molecule has 150 valence electrons. The summed E-state index contributed by atoms with van der Waals surface area (Å²) in [5.41, 5.74) is 1.10. The van der Waals surface area contributed by atoms with Crippen molar-refractivity contribution >= 4 is 0 Å². The summed E-state index contributed by atoms with van der Waals surface area (Å²) in [4.78, 5) is 0. The van der Waals surface area contributed by atoms with E-state index in [0.29, 0.717) is 16.7 Å². The van der Waals surface area contributed by atoms with Crippen LogP contribution in [0.3, 0.4) is 0 Å². The Labute approximate surface area is 162 Å². The Morgan fingerprint density at radius 3 is 1.86 bits per heavy atom. The second-order valence-corrected chi connectivity index (χ2v) is 8.01. The van der Waals surface area contributed by atoms with Crippen LogP contribution in [0.5, 0.6) is 5.75 Å². The van der Waals surface area contributed by atoms with Crippen LogP contribution in [-0.2, 0) is 0 Å². The van der Waals surface area contributed by atoms with Crippen LogP contribution in [0.15, 0.2) is 24.3 Å². The first kappa shape index (κ1) is 19.3. The molecular weight excluding hydrogens is 368 g/mol. The SMILES string of the molecule is CCOc1ccc(C2CC[C@H]3[C@@H](c4ccc(C)c(F)c4F)CC[C@@H]23)c(F)c1F. The molecule has 2 saturated carbocycles. The maximum Gasteiger partial charge on any atom is 0.200 e. The molecule has 28 heavy (non-hydrogen) atoms. The van der Waals surface area contributed by atoms with E-state index in [-0.39, 0.29) is 36.0 Å². The Kier molecular flexibility index (Phi) is 5.11. The lowest BCUT2D eigenvalue weighted by Gasteiger charge is -2.23. The van der Waals surface area contributed by atoms with Gasteiger partial charge in [0.2, 0.25) is 5.82 Å². The molecule has 2 aliphatic carbocycles. The second-order valence-electron chi connectivity index (χ2n) is 8.01. The van der Waals surface area contributed by atoms with Crippen LogP contribution in [0.1, 0.15) is 61.1 Å². The van der Waals surface area contributed by atoms with Crippen molar-refractivity contribution in [3.63, 3.8) is 0 Å². The number of fused-ring (bicyclic) bond motifs is 1. The van der Waals surface area contributed by atoms with Gasteiger partial charge in [-0.1, -0.05) is 18.2 Å². The number of halogens is 4. The molecule has 0 saturated heterocycles. The topological polar surface area (TPSA) is 9.23 Å². The van der Waals surface area contributed by atoms with Gasteiger partial charge in [-0.25, -0.2) is 13.2 Å². The molecule has 0 N–H and O–H groups in total. The van der Waals surface area contributed by atoms with Crippen molar-refractivity contribution in [3.05, 3.63) is 64.2 Å². The summed E-state index contributed by atoms with van der Waals surface area (Å²) >= 11 is 0. The lowest BCUT2D eigenvalue weighted by Crippen LogP contribution is -2.14. The van der Waals surface area contributed by atoms with E-state index in [4.69, 9.17) is 4.74 Å². The summed E-state index contributed by atoms with van der Waals surface area (Å²) in [6.45, 7) is 3.54. The fourth-order valence-corrected chi connectivity index (χ4v) is 5.42. The summed E-state index contributed by atoms with van der Waals surface area (Å²) in [5.74, 6) is -3.24. The van der Waals surface area contributed by atoms with Crippen molar-refractivity contribution in [3.8, 4) is 5.75 Å². The van der Waals surface area contributed by atoms with E-state index in [9.17, 15) is 17.6 Å². The van der Waals surface area contributed by atoms with E-state index in [2.05, 4.69) is 0 Å². The van der Waals surface area contributed by atoms with Gasteiger partial charge in [0.15, 0.2) is 23.2 Å². The highest BCUT2D eigenvalue weighted by atomic mass is 19.2. The zero-order chi connectivity index (χ0) is 20.0. The Hall–Kier alpha value is -2.04. The molecule has 4 rings (SSSR count). The highest BCUT2D eigenvalue weighted by Gasteiger charge is 2.47. The predicted molar refractivity (Wildman–Crippen MR) is 99.6 cm³/mol. The van der Waals surface area contributed by atoms with Gasteiger partial charge in [0, 0.05) is 0 Å². The maximum absolute atomic E-state index is 14.7. The Bertz CT molecular complexity index is 895. The minimum atomic E-state index is -0.941. The largest absolute Gasteiger partial charge is 0.491 e. The Balaban J connectivity index is 1.61. The van der Waals surface area contributed by atoms with Crippen LogP contribution in [-0.4, -0.2) is 6.61 Å². The molecule has 4 atom stereocenters. The fourth-order valence-electron chi connectivity index (χ4n) is 5.42. The van der Waals surface area contributed by atoms with Gasteiger partial charge >= 0.3 is 0 Å². The number of benzene rings is 2. The van der Waals surface area contributed by atoms with E-state index in [1.807, 2.05) is 0 Å². The summed E-state index contributed by atoms with van der Waals surface area (Å²) < 4.78 is 62.8. The minimum Gasteiger partial charge on any atom is -0.491 e. The van der Waals surface area contributed by atoms with Crippen LogP contribution in [0.2, 0.25) is 0 Å². The first-order valence-corrected chi connectivity index (χ1v) is 9.99. The van der Waals surface area contributed by atoms with E-state index in [0.717, 1.165) is 25.7 Å². The van der Waals surface area contributed by atoms with Crippen LogP contribution in [0.25, 0.3) is 0 Å². The fraction of sp³-hybridized carbons (Fsp3) is 0.478. The second kappa shape index (κ2) is 7.41. The van der Waals surface area contributed by atoms with Crippen LogP contribution >= 0.6 is 0 Å². The number of hydrogen-bond donors (Lipinski definition) is 0. The predicted octanol–water partition coefficient (Wildman–Crippen LogP) is 6.64. The third kappa shape index (κ3) is 2.99. The quantitative estimate of drug-likeness (QED) is 0.530. The summed E-state index contributed by atoms with van der Waals surface area (Å²) in [6, 6.07) is 6.42. The standard InChI is InChI=1S/C23H24F4O/c1-3-28-19-11-10-18(22(26)23(19)27)16-9-7-13-14(16)6-8-15(13)17-5-4-12(2)20(24)21(17)25/h4-5,10-11,13-16H,3,6-9H2,1-2H3/t13-,14-,15+,16?/m1/s1. The zero-order valence-corrected chi connectivity index (χ0v) is 16.1.